The van der Waals surface area contributed by atoms with Gasteiger partial charge in [0.1, 0.15) is 0 Å². The smallest absolute Gasteiger partial charge is 0.335 e. The van der Waals surface area contributed by atoms with Crippen molar-refractivity contribution < 1.29 is 9.90 Å². The summed E-state index contributed by atoms with van der Waals surface area (Å²) in [6.07, 6.45) is 2.39. The molecule has 2 rings (SSSR count). The fraction of sp³-hybridized carbons (Fsp3) is 0.143. The van der Waals surface area contributed by atoms with Crippen molar-refractivity contribution >= 4 is 5.97 Å². The molecule has 0 radical (unpaired) electrons. The number of carboxylic acids is 1. The first kappa shape index (κ1) is 11.3. The van der Waals surface area contributed by atoms with Crippen LogP contribution in [0.3, 0.4) is 0 Å². The van der Waals surface area contributed by atoms with E-state index in [2.05, 4.69) is 4.98 Å². The van der Waals surface area contributed by atoms with E-state index in [1.54, 1.807) is 18.3 Å². The molecule has 0 unspecified atom stereocenters. The third-order valence-electron chi connectivity index (χ3n) is 2.50. The van der Waals surface area contributed by atoms with Gasteiger partial charge in [-0.1, -0.05) is 12.1 Å². The predicted octanol–water partition coefficient (Wildman–Crippen LogP) is 2.68. The maximum absolute atomic E-state index is 10.9. The second-order valence-electron chi connectivity index (χ2n) is 4.01. The van der Waals surface area contributed by atoms with Crippen LogP contribution in [-0.2, 0) is 6.42 Å². The molecular weight excluding hydrogens is 214 g/mol. The van der Waals surface area contributed by atoms with Crippen LogP contribution in [0.4, 0.5) is 0 Å². The summed E-state index contributed by atoms with van der Waals surface area (Å²) in [4.78, 5) is 15.2. The summed E-state index contributed by atoms with van der Waals surface area (Å²) in [6, 6.07) is 11.1. The Kier molecular flexibility index (Phi) is 3.19. The largest absolute Gasteiger partial charge is 0.478 e. The zero-order valence-corrected chi connectivity index (χ0v) is 9.55. The highest BCUT2D eigenvalue weighted by Gasteiger charge is 2.06. The minimum atomic E-state index is -0.893. The van der Waals surface area contributed by atoms with Crippen LogP contribution >= 0.6 is 0 Å². The van der Waals surface area contributed by atoms with Gasteiger partial charge in [0, 0.05) is 18.3 Å². The molecule has 0 aliphatic heterocycles. The minimum Gasteiger partial charge on any atom is -0.478 e. The van der Waals surface area contributed by atoms with Crippen molar-refractivity contribution in [3.8, 4) is 0 Å². The highest BCUT2D eigenvalue weighted by atomic mass is 16.4. The Labute approximate surface area is 99.8 Å². The van der Waals surface area contributed by atoms with Crippen molar-refractivity contribution in [3.63, 3.8) is 0 Å². The van der Waals surface area contributed by atoms with Crippen LogP contribution in [0, 0.1) is 6.92 Å². The lowest BCUT2D eigenvalue weighted by Crippen LogP contribution is -2.00. The summed E-state index contributed by atoms with van der Waals surface area (Å²) in [5.41, 5.74) is 3.20. The van der Waals surface area contributed by atoms with Crippen LogP contribution in [-0.4, -0.2) is 16.1 Å². The van der Waals surface area contributed by atoms with E-state index in [0.717, 1.165) is 16.8 Å². The summed E-state index contributed by atoms with van der Waals surface area (Å²) in [5, 5.41) is 8.98. The van der Waals surface area contributed by atoms with Crippen LogP contribution in [0.2, 0.25) is 0 Å². The summed E-state index contributed by atoms with van der Waals surface area (Å²) in [5.74, 6) is -0.893. The number of carbonyl (C=O) groups is 1. The fourth-order valence-electron chi connectivity index (χ4n) is 1.80. The topological polar surface area (TPSA) is 50.2 Å². The first-order chi connectivity index (χ1) is 8.15. The van der Waals surface area contributed by atoms with Crippen molar-refractivity contribution in [3.05, 3.63) is 65.0 Å². The molecule has 3 heteroatoms. The zero-order chi connectivity index (χ0) is 12.3. The quantitative estimate of drug-likeness (QED) is 0.877. The average Bonchev–Trinajstić information content (AvgIpc) is 2.29. The molecule has 1 aromatic carbocycles. The molecular formula is C14H13NO2. The number of pyridine rings is 1. The SMILES string of the molecule is Cc1cc(Cc2ccccn2)cc(C(=O)O)c1. The van der Waals surface area contributed by atoms with Crippen molar-refractivity contribution in [1.82, 2.24) is 4.98 Å². The van der Waals surface area contributed by atoms with Crippen molar-refractivity contribution in [2.75, 3.05) is 0 Å². The number of aromatic carboxylic acids is 1. The van der Waals surface area contributed by atoms with Gasteiger partial charge in [0.15, 0.2) is 0 Å². The molecule has 0 fully saturated rings. The summed E-state index contributed by atoms with van der Waals surface area (Å²) in [6.45, 7) is 1.90. The van der Waals surface area contributed by atoms with Crippen LogP contribution in [0.5, 0.6) is 0 Å². The molecule has 1 aromatic heterocycles. The molecule has 1 N–H and O–H groups in total. The molecule has 86 valence electrons. The standard InChI is InChI=1S/C14H13NO2/c1-10-6-11(8-12(7-10)14(16)17)9-13-4-2-3-5-15-13/h2-8H,9H2,1H3,(H,16,17). The van der Waals surface area contributed by atoms with Crippen molar-refractivity contribution in [2.45, 2.75) is 13.3 Å². The molecule has 0 atom stereocenters. The second kappa shape index (κ2) is 4.78. The molecule has 1 heterocycles. The van der Waals surface area contributed by atoms with Gasteiger partial charge in [-0.3, -0.25) is 4.98 Å². The Hall–Kier alpha value is -2.16. The second-order valence-corrected chi connectivity index (χ2v) is 4.01. The van der Waals surface area contributed by atoms with Crippen molar-refractivity contribution in [2.24, 2.45) is 0 Å². The van der Waals surface area contributed by atoms with Gasteiger partial charge in [-0.05, 0) is 42.3 Å². The first-order valence-electron chi connectivity index (χ1n) is 5.39. The predicted molar refractivity (Wildman–Crippen MR) is 65.2 cm³/mol. The monoisotopic (exact) mass is 227 g/mol. The zero-order valence-electron chi connectivity index (χ0n) is 9.55. The lowest BCUT2D eigenvalue weighted by molar-refractivity contribution is 0.0696. The highest BCUT2D eigenvalue weighted by molar-refractivity contribution is 5.88. The Balaban J connectivity index is 2.30. The van der Waals surface area contributed by atoms with Crippen LogP contribution < -0.4 is 0 Å². The van der Waals surface area contributed by atoms with E-state index in [-0.39, 0.29) is 0 Å². The number of hydrogen-bond acceptors (Lipinski definition) is 2. The molecule has 0 saturated carbocycles. The lowest BCUT2D eigenvalue weighted by atomic mass is 10.0. The minimum absolute atomic E-state index is 0.330. The molecule has 0 bridgehead atoms. The van der Waals surface area contributed by atoms with E-state index < -0.39 is 5.97 Å². The summed E-state index contributed by atoms with van der Waals surface area (Å²) in [7, 11) is 0. The van der Waals surface area contributed by atoms with E-state index in [4.69, 9.17) is 5.11 Å². The first-order valence-corrected chi connectivity index (χ1v) is 5.39. The highest BCUT2D eigenvalue weighted by Crippen LogP contribution is 2.13. The van der Waals surface area contributed by atoms with E-state index in [1.165, 1.54) is 0 Å². The molecule has 0 aliphatic rings. The van der Waals surface area contributed by atoms with Gasteiger partial charge in [0.25, 0.3) is 0 Å². The number of rotatable bonds is 3. The summed E-state index contributed by atoms with van der Waals surface area (Å²) < 4.78 is 0. The van der Waals surface area contributed by atoms with Gasteiger partial charge in [0.05, 0.1) is 5.56 Å². The van der Waals surface area contributed by atoms with Gasteiger partial charge in [-0.25, -0.2) is 4.79 Å². The van der Waals surface area contributed by atoms with Gasteiger partial charge < -0.3 is 5.11 Å². The van der Waals surface area contributed by atoms with E-state index in [0.29, 0.717) is 12.0 Å². The molecule has 3 nitrogen and oxygen atoms in total. The number of aromatic nitrogens is 1. The van der Waals surface area contributed by atoms with Gasteiger partial charge >= 0.3 is 5.97 Å². The maximum Gasteiger partial charge on any atom is 0.335 e. The Bertz CT molecular complexity index is 535. The van der Waals surface area contributed by atoms with Crippen LogP contribution in [0.15, 0.2) is 42.6 Å². The molecule has 0 spiro atoms. The normalized spacial score (nSPS) is 10.2. The van der Waals surface area contributed by atoms with Gasteiger partial charge in [0.2, 0.25) is 0 Å². The van der Waals surface area contributed by atoms with Crippen LogP contribution in [0.1, 0.15) is 27.2 Å². The van der Waals surface area contributed by atoms with E-state index in [1.807, 2.05) is 31.2 Å². The summed E-state index contributed by atoms with van der Waals surface area (Å²) >= 11 is 0. The van der Waals surface area contributed by atoms with Crippen molar-refractivity contribution in [1.29, 1.82) is 0 Å². The number of benzene rings is 1. The molecule has 0 amide bonds. The molecule has 0 aliphatic carbocycles. The average molecular weight is 227 g/mol. The van der Waals surface area contributed by atoms with Gasteiger partial charge in [-0.2, -0.15) is 0 Å². The molecule has 2 aromatic rings. The molecule has 17 heavy (non-hydrogen) atoms. The van der Waals surface area contributed by atoms with Gasteiger partial charge in [-0.15, -0.1) is 0 Å². The third-order valence-corrected chi connectivity index (χ3v) is 2.50. The Morgan fingerprint density at radius 3 is 2.76 bits per heavy atom. The van der Waals surface area contributed by atoms with E-state index >= 15 is 0 Å². The Morgan fingerprint density at radius 1 is 1.29 bits per heavy atom. The van der Waals surface area contributed by atoms with E-state index in [9.17, 15) is 4.79 Å². The lowest BCUT2D eigenvalue weighted by Gasteiger charge is -2.04. The fourth-order valence-corrected chi connectivity index (χ4v) is 1.80. The number of aryl methyl sites for hydroxylation is 1. The maximum atomic E-state index is 10.9. The number of hydrogen-bond donors (Lipinski definition) is 1. The number of nitrogens with zero attached hydrogens (tertiary/aromatic N) is 1. The van der Waals surface area contributed by atoms with Crippen LogP contribution in [0.25, 0.3) is 0 Å². The Morgan fingerprint density at radius 2 is 2.12 bits per heavy atom. The molecule has 0 saturated heterocycles. The third kappa shape index (κ3) is 2.91. The number of carboxylic acid groups (broad SMARTS) is 1.